The van der Waals surface area contributed by atoms with Crippen molar-refractivity contribution in [1.29, 1.82) is 0 Å². The van der Waals surface area contributed by atoms with Crippen LogP contribution in [-0.4, -0.2) is 53.1 Å². The molecule has 0 unspecified atom stereocenters. The summed E-state index contributed by atoms with van der Waals surface area (Å²) in [6.45, 7) is 0. The smallest absolute Gasteiger partial charge is 0.434 e. The van der Waals surface area contributed by atoms with Crippen molar-refractivity contribution in [2.45, 2.75) is 23.6 Å². The van der Waals surface area contributed by atoms with Crippen molar-refractivity contribution < 1.29 is 55.6 Å². The van der Waals surface area contributed by atoms with Gasteiger partial charge in [-0.3, -0.25) is 0 Å². The van der Waals surface area contributed by atoms with Crippen molar-refractivity contribution in [2.75, 3.05) is 14.2 Å². The summed E-state index contributed by atoms with van der Waals surface area (Å²) in [5, 5.41) is 21.6. The molecule has 0 bridgehead atoms. The second-order valence-electron chi connectivity index (χ2n) is 7.32. The number of carbonyl (C=O) groups excluding carboxylic acids is 2. The third kappa shape index (κ3) is 3.71. The van der Waals surface area contributed by atoms with Gasteiger partial charge in [0.25, 0.3) is 11.2 Å². The number of alkyl halides is 6. The lowest BCUT2D eigenvalue weighted by Crippen LogP contribution is -2.51. The Bertz CT molecular complexity index is 1190. The fourth-order valence-corrected chi connectivity index (χ4v) is 3.82. The fourth-order valence-electron chi connectivity index (χ4n) is 3.82. The van der Waals surface area contributed by atoms with Gasteiger partial charge in [-0.1, -0.05) is 36.4 Å². The third-order valence-electron chi connectivity index (χ3n) is 5.39. The fraction of sp³-hybridized carbons (Fsp3) is 0.273. The number of ether oxygens (including phenoxy) is 2. The summed E-state index contributed by atoms with van der Waals surface area (Å²) in [4.78, 5) is 24.7. The van der Waals surface area contributed by atoms with E-state index in [0.717, 1.165) is 36.5 Å². The predicted octanol–water partition coefficient (Wildman–Crippen LogP) is 3.45. The molecule has 0 saturated heterocycles. The van der Waals surface area contributed by atoms with Crippen molar-refractivity contribution in [3.8, 4) is 11.1 Å². The summed E-state index contributed by atoms with van der Waals surface area (Å²) in [6.07, 6.45) is -10.8. The zero-order valence-electron chi connectivity index (χ0n) is 17.9. The van der Waals surface area contributed by atoms with Crippen molar-refractivity contribution >= 4 is 17.5 Å². The zero-order valence-corrected chi connectivity index (χ0v) is 17.9. The molecule has 3 aromatic rings. The lowest BCUT2D eigenvalue weighted by molar-refractivity contribution is -0.268. The summed E-state index contributed by atoms with van der Waals surface area (Å²) in [6, 6.07) is 9.14. The molecule has 0 aliphatic carbocycles. The number of hydrogen-bond acceptors (Lipinski definition) is 6. The molecular formula is C22H17F6NO6. The van der Waals surface area contributed by atoms with Crippen LogP contribution in [0.3, 0.4) is 0 Å². The maximum atomic E-state index is 14.3. The number of hydrogen-bond donors (Lipinski definition) is 2. The quantitative estimate of drug-likeness (QED) is 0.408. The lowest BCUT2D eigenvalue weighted by Gasteiger charge is -2.31. The number of nitrogens with zero attached hydrogens (tertiary/aromatic N) is 1. The van der Waals surface area contributed by atoms with Crippen LogP contribution in [0.15, 0.2) is 54.7 Å². The van der Waals surface area contributed by atoms with Gasteiger partial charge in [-0.05, 0) is 17.7 Å². The Morgan fingerprint density at radius 1 is 0.771 bits per heavy atom. The summed E-state index contributed by atoms with van der Waals surface area (Å²) >= 11 is 0. The van der Waals surface area contributed by atoms with Gasteiger partial charge in [0.2, 0.25) is 0 Å². The molecule has 188 valence electrons. The molecule has 7 nitrogen and oxygen atoms in total. The number of methoxy groups -OCH3 is 2. The number of aromatic nitrogens is 1. The second kappa shape index (κ2) is 8.57. The van der Waals surface area contributed by atoms with E-state index in [2.05, 4.69) is 9.47 Å². The van der Waals surface area contributed by atoms with Gasteiger partial charge in [0.1, 0.15) is 0 Å². The van der Waals surface area contributed by atoms with Crippen LogP contribution in [0.4, 0.5) is 26.3 Å². The van der Waals surface area contributed by atoms with Gasteiger partial charge in [0, 0.05) is 17.3 Å². The molecule has 0 radical (unpaired) electrons. The number of rotatable bonds is 5. The molecule has 0 saturated carbocycles. The normalized spacial score (nSPS) is 15.8. The van der Waals surface area contributed by atoms with Crippen LogP contribution in [0.1, 0.15) is 11.3 Å². The van der Waals surface area contributed by atoms with Crippen molar-refractivity contribution in [3.63, 3.8) is 0 Å². The molecule has 0 aliphatic rings. The van der Waals surface area contributed by atoms with Gasteiger partial charge in [-0.15, -0.1) is 0 Å². The minimum absolute atomic E-state index is 0.389. The van der Waals surface area contributed by atoms with Crippen molar-refractivity contribution in [3.05, 3.63) is 66.0 Å². The largest absolute Gasteiger partial charge is 0.466 e. The summed E-state index contributed by atoms with van der Waals surface area (Å²) < 4.78 is 94.4. The molecule has 0 spiro atoms. The maximum absolute atomic E-state index is 14.3. The number of aliphatic hydroxyl groups is 2. The van der Waals surface area contributed by atoms with E-state index in [1.165, 1.54) is 18.2 Å². The highest BCUT2D eigenvalue weighted by Crippen LogP contribution is 2.52. The molecule has 1 aromatic carbocycles. The van der Waals surface area contributed by atoms with Gasteiger partial charge < -0.3 is 24.1 Å². The third-order valence-corrected chi connectivity index (χ3v) is 5.39. The first-order valence-electron chi connectivity index (χ1n) is 9.62. The van der Waals surface area contributed by atoms with Crippen LogP contribution < -0.4 is 0 Å². The highest BCUT2D eigenvalue weighted by molar-refractivity contribution is 5.95. The van der Waals surface area contributed by atoms with E-state index in [9.17, 15) is 46.1 Å². The van der Waals surface area contributed by atoms with E-state index in [1.807, 2.05) is 0 Å². The zero-order chi connectivity index (χ0) is 26.4. The predicted molar refractivity (Wildman–Crippen MR) is 107 cm³/mol. The van der Waals surface area contributed by atoms with E-state index in [-0.39, 0.29) is 5.56 Å². The summed E-state index contributed by atoms with van der Waals surface area (Å²) in [5.41, 5.74) is -14.1. The van der Waals surface area contributed by atoms with Crippen LogP contribution in [0.5, 0.6) is 0 Å². The van der Waals surface area contributed by atoms with Crippen LogP contribution in [0, 0.1) is 0 Å². The lowest BCUT2D eigenvalue weighted by atomic mass is 9.83. The minimum Gasteiger partial charge on any atom is -0.466 e. The highest BCUT2D eigenvalue weighted by atomic mass is 19.4. The number of pyridine rings is 1. The molecule has 2 atom stereocenters. The SMILES string of the molecule is COC(=O)[C@@](O)(c1c(-c2ccccc2)c([C@@](O)(C(=O)OC)C(F)(F)F)n2ccccc12)C(F)(F)F. The molecule has 0 aliphatic heterocycles. The van der Waals surface area contributed by atoms with E-state index < -0.39 is 57.8 Å². The molecule has 35 heavy (non-hydrogen) atoms. The van der Waals surface area contributed by atoms with Crippen LogP contribution >= 0.6 is 0 Å². The van der Waals surface area contributed by atoms with Gasteiger partial charge in [-0.2, -0.15) is 26.3 Å². The Morgan fingerprint density at radius 3 is 1.74 bits per heavy atom. The molecule has 0 amide bonds. The number of esters is 2. The Labute approximate surface area is 193 Å². The monoisotopic (exact) mass is 505 g/mol. The van der Waals surface area contributed by atoms with Gasteiger partial charge >= 0.3 is 24.3 Å². The number of benzene rings is 1. The first-order chi connectivity index (χ1) is 16.2. The average Bonchev–Trinajstić information content (AvgIpc) is 3.16. The Balaban J connectivity index is 2.73. The number of carbonyl (C=O) groups is 2. The number of halogens is 6. The van der Waals surface area contributed by atoms with Crippen molar-refractivity contribution in [1.82, 2.24) is 4.40 Å². The minimum atomic E-state index is -5.81. The van der Waals surface area contributed by atoms with Crippen LogP contribution in [0.25, 0.3) is 16.6 Å². The Morgan fingerprint density at radius 2 is 1.26 bits per heavy atom. The van der Waals surface area contributed by atoms with E-state index in [0.29, 0.717) is 18.6 Å². The van der Waals surface area contributed by atoms with Crippen molar-refractivity contribution in [2.24, 2.45) is 0 Å². The van der Waals surface area contributed by atoms with Crippen LogP contribution in [0.2, 0.25) is 0 Å². The Hall–Kier alpha value is -3.58. The highest BCUT2D eigenvalue weighted by Gasteiger charge is 2.68. The van der Waals surface area contributed by atoms with Gasteiger partial charge in [0.05, 0.1) is 25.4 Å². The van der Waals surface area contributed by atoms with E-state index >= 15 is 0 Å². The second-order valence-corrected chi connectivity index (χ2v) is 7.32. The molecule has 0 fully saturated rings. The maximum Gasteiger partial charge on any atom is 0.434 e. The first kappa shape index (κ1) is 26.0. The van der Waals surface area contributed by atoms with E-state index in [4.69, 9.17) is 0 Å². The molecular weight excluding hydrogens is 488 g/mol. The Kier molecular flexibility index (Phi) is 6.38. The van der Waals surface area contributed by atoms with Gasteiger partial charge in [0.15, 0.2) is 0 Å². The summed E-state index contributed by atoms with van der Waals surface area (Å²) in [7, 11) is 1.08. The average molecular weight is 505 g/mol. The number of fused-ring (bicyclic) bond motifs is 1. The molecule has 2 heterocycles. The van der Waals surface area contributed by atoms with Gasteiger partial charge in [-0.25, -0.2) is 9.59 Å². The first-order valence-corrected chi connectivity index (χ1v) is 9.62. The van der Waals surface area contributed by atoms with E-state index in [1.54, 1.807) is 0 Å². The molecule has 13 heteroatoms. The topological polar surface area (TPSA) is 97.5 Å². The standard InChI is InChI=1S/C22H17F6NO6/c1-34-17(30)19(32,21(23,24)25)15-13-10-6-7-11-29(13)16(14(15)12-8-4-3-5-9-12)20(33,18(31)35-2)22(26,27)28/h3-11,32-33H,1-2H3/t19-,20+/m0/s1. The molecule has 2 N–H and O–H groups in total. The molecule has 2 aromatic heterocycles. The van der Waals surface area contributed by atoms with Crippen LogP contribution in [-0.2, 0) is 30.3 Å². The summed E-state index contributed by atoms with van der Waals surface area (Å²) in [5.74, 6) is -4.51. The molecule has 3 rings (SSSR count).